The van der Waals surface area contributed by atoms with E-state index in [4.69, 9.17) is 0 Å². The van der Waals surface area contributed by atoms with Crippen molar-refractivity contribution in [3.05, 3.63) is 36.2 Å². The van der Waals surface area contributed by atoms with Gasteiger partial charge in [-0.2, -0.15) is 4.68 Å². The highest BCUT2D eigenvalue weighted by molar-refractivity contribution is 5.97. The number of rotatable bonds is 3. The van der Waals surface area contributed by atoms with Gasteiger partial charge in [0.1, 0.15) is 6.33 Å². The summed E-state index contributed by atoms with van der Waals surface area (Å²) in [7, 11) is 0. The van der Waals surface area contributed by atoms with E-state index in [9.17, 15) is 4.79 Å². The van der Waals surface area contributed by atoms with Crippen LogP contribution in [0.5, 0.6) is 0 Å². The van der Waals surface area contributed by atoms with Crippen LogP contribution in [0.3, 0.4) is 0 Å². The summed E-state index contributed by atoms with van der Waals surface area (Å²) in [5.41, 5.74) is 1.31. The molecule has 1 aliphatic carbocycles. The molecular weight excluding hydrogens is 266 g/mol. The number of hydrogen-bond donors (Lipinski definition) is 1. The second-order valence-corrected chi connectivity index (χ2v) is 5.43. The minimum absolute atomic E-state index is 0.0481. The summed E-state index contributed by atoms with van der Waals surface area (Å²) in [4.78, 5) is 12.5. The van der Waals surface area contributed by atoms with Crippen molar-refractivity contribution >= 4 is 5.91 Å². The molecule has 2 aromatic rings. The number of para-hydroxylation sites is 1. The van der Waals surface area contributed by atoms with Crippen molar-refractivity contribution in [2.45, 2.75) is 44.6 Å². The maximum Gasteiger partial charge on any atom is 0.253 e. The predicted molar refractivity (Wildman–Crippen MR) is 78.1 cm³/mol. The Morgan fingerprint density at radius 1 is 1.14 bits per heavy atom. The number of tetrazole rings is 1. The maximum atomic E-state index is 12.5. The monoisotopic (exact) mass is 285 g/mol. The molecule has 3 rings (SSSR count). The molecule has 0 bridgehead atoms. The molecule has 6 heteroatoms. The molecular formula is C15H19N5O. The zero-order chi connectivity index (χ0) is 14.5. The van der Waals surface area contributed by atoms with Gasteiger partial charge in [0.15, 0.2) is 0 Å². The van der Waals surface area contributed by atoms with Crippen LogP contribution in [0.15, 0.2) is 30.6 Å². The van der Waals surface area contributed by atoms with Crippen LogP contribution in [0, 0.1) is 0 Å². The molecule has 0 spiro atoms. The SMILES string of the molecule is O=C(NC1CCCCCC1)c1ccccc1-n1cnnn1. The van der Waals surface area contributed by atoms with E-state index in [0.717, 1.165) is 12.8 Å². The molecule has 1 saturated carbocycles. The molecule has 0 radical (unpaired) electrons. The van der Waals surface area contributed by atoms with Gasteiger partial charge in [-0.25, -0.2) is 0 Å². The van der Waals surface area contributed by atoms with E-state index < -0.39 is 0 Å². The highest BCUT2D eigenvalue weighted by Gasteiger charge is 2.18. The summed E-state index contributed by atoms with van der Waals surface area (Å²) < 4.78 is 1.52. The van der Waals surface area contributed by atoms with Crippen LogP contribution >= 0.6 is 0 Å². The lowest BCUT2D eigenvalue weighted by Gasteiger charge is -2.17. The third-order valence-corrected chi connectivity index (χ3v) is 3.93. The molecule has 0 atom stereocenters. The number of carbonyl (C=O) groups excluding carboxylic acids is 1. The van der Waals surface area contributed by atoms with Crippen LogP contribution in [0.4, 0.5) is 0 Å². The Kier molecular flexibility index (Phi) is 4.23. The molecule has 1 fully saturated rings. The summed E-state index contributed by atoms with van der Waals surface area (Å²) in [5, 5.41) is 14.3. The lowest BCUT2D eigenvalue weighted by molar-refractivity contribution is 0.0933. The highest BCUT2D eigenvalue weighted by Crippen LogP contribution is 2.19. The fourth-order valence-corrected chi connectivity index (χ4v) is 2.82. The van der Waals surface area contributed by atoms with Gasteiger partial charge in [-0.15, -0.1) is 5.10 Å². The number of benzene rings is 1. The normalized spacial score (nSPS) is 16.4. The molecule has 21 heavy (non-hydrogen) atoms. The Labute approximate surface area is 123 Å². The van der Waals surface area contributed by atoms with E-state index >= 15 is 0 Å². The van der Waals surface area contributed by atoms with Gasteiger partial charge < -0.3 is 5.32 Å². The Balaban J connectivity index is 1.78. The number of amides is 1. The molecule has 1 heterocycles. The molecule has 0 aliphatic heterocycles. The quantitative estimate of drug-likeness (QED) is 0.877. The van der Waals surface area contributed by atoms with Crippen molar-refractivity contribution in [3.63, 3.8) is 0 Å². The minimum Gasteiger partial charge on any atom is -0.349 e. The third-order valence-electron chi connectivity index (χ3n) is 3.93. The van der Waals surface area contributed by atoms with Crippen LogP contribution in [-0.2, 0) is 0 Å². The number of nitrogens with one attached hydrogen (secondary N) is 1. The van der Waals surface area contributed by atoms with Gasteiger partial charge in [0.2, 0.25) is 0 Å². The first-order chi connectivity index (χ1) is 10.3. The topological polar surface area (TPSA) is 72.7 Å². The fourth-order valence-electron chi connectivity index (χ4n) is 2.82. The molecule has 1 N–H and O–H groups in total. The number of carbonyl (C=O) groups is 1. The van der Waals surface area contributed by atoms with Gasteiger partial charge in [-0.1, -0.05) is 37.8 Å². The second kappa shape index (κ2) is 6.47. The van der Waals surface area contributed by atoms with E-state index in [2.05, 4.69) is 20.8 Å². The van der Waals surface area contributed by atoms with Crippen molar-refractivity contribution in [1.29, 1.82) is 0 Å². The van der Waals surface area contributed by atoms with Crippen molar-refractivity contribution in [2.24, 2.45) is 0 Å². The van der Waals surface area contributed by atoms with Crippen LogP contribution in [0.1, 0.15) is 48.9 Å². The minimum atomic E-state index is -0.0481. The largest absolute Gasteiger partial charge is 0.349 e. The van der Waals surface area contributed by atoms with Gasteiger partial charge >= 0.3 is 0 Å². The Bertz CT molecular complexity index is 588. The van der Waals surface area contributed by atoms with Gasteiger partial charge in [-0.3, -0.25) is 4.79 Å². The molecule has 1 aliphatic rings. The van der Waals surface area contributed by atoms with E-state index in [1.807, 2.05) is 24.3 Å². The summed E-state index contributed by atoms with van der Waals surface area (Å²) in [6.45, 7) is 0. The second-order valence-electron chi connectivity index (χ2n) is 5.43. The van der Waals surface area contributed by atoms with Gasteiger partial charge in [0.25, 0.3) is 5.91 Å². The van der Waals surface area contributed by atoms with Crippen molar-refractivity contribution in [2.75, 3.05) is 0 Å². The number of aromatic nitrogens is 4. The first-order valence-corrected chi connectivity index (χ1v) is 7.48. The van der Waals surface area contributed by atoms with Crippen molar-refractivity contribution < 1.29 is 4.79 Å². The van der Waals surface area contributed by atoms with Crippen LogP contribution in [-0.4, -0.2) is 32.2 Å². The number of nitrogens with zero attached hydrogens (tertiary/aromatic N) is 4. The standard InChI is InChI=1S/C15H19N5O/c21-15(17-12-7-3-1-2-4-8-12)13-9-5-6-10-14(13)20-11-16-18-19-20/h5-6,9-12H,1-4,7-8H2,(H,17,21). The molecule has 1 aromatic carbocycles. The predicted octanol–water partition coefficient (Wildman–Crippen LogP) is 2.11. The first-order valence-electron chi connectivity index (χ1n) is 7.48. The van der Waals surface area contributed by atoms with E-state index in [1.165, 1.54) is 36.7 Å². The average Bonchev–Trinajstić information content (AvgIpc) is 2.93. The average molecular weight is 285 g/mol. The van der Waals surface area contributed by atoms with Gasteiger partial charge in [-0.05, 0) is 35.4 Å². The Morgan fingerprint density at radius 2 is 1.90 bits per heavy atom. The molecule has 110 valence electrons. The van der Waals surface area contributed by atoms with Crippen LogP contribution in [0.2, 0.25) is 0 Å². The van der Waals surface area contributed by atoms with E-state index in [1.54, 1.807) is 0 Å². The number of hydrogen-bond acceptors (Lipinski definition) is 4. The summed E-state index contributed by atoms with van der Waals surface area (Å²) in [6, 6.07) is 7.67. The molecule has 6 nitrogen and oxygen atoms in total. The van der Waals surface area contributed by atoms with Crippen molar-refractivity contribution in [1.82, 2.24) is 25.5 Å². The lowest BCUT2D eigenvalue weighted by atomic mass is 10.1. The first kappa shape index (κ1) is 13.7. The van der Waals surface area contributed by atoms with Gasteiger partial charge in [0, 0.05) is 6.04 Å². The molecule has 1 aromatic heterocycles. The van der Waals surface area contributed by atoms with Gasteiger partial charge in [0.05, 0.1) is 11.3 Å². The molecule has 0 unspecified atom stereocenters. The highest BCUT2D eigenvalue weighted by atomic mass is 16.1. The molecule has 0 saturated heterocycles. The zero-order valence-electron chi connectivity index (χ0n) is 11.9. The van der Waals surface area contributed by atoms with Crippen molar-refractivity contribution in [3.8, 4) is 5.69 Å². The van der Waals surface area contributed by atoms with E-state index in [-0.39, 0.29) is 11.9 Å². The van der Waals surface area contributed by atoms with Crippen LogP contribution in [0.25, 0.3) is 5.69 Å². The maximum absolute atomic E-state index is 12.5. The van der Waals surface area contributed by atoms with E-state index in [0.29, 0.717) is 11.3 Å². The Morgan fingerprint density at radius 3 is 2.62 bits per heavy atom. The third kappa shape index (κ3) is 3.26. The molecule has 1 amide bonds. The summed E-state index contributed by atoms with van der Waals surface area (Å²) >= 11 is 0. The smallest absolute Gasteiger partial charge is 0.253 e. The Hall–Kier alpha value is -2.24. The summed E-state index contributed by atoms with van der Waals surface area (Å²) in [6.07, 6.45) is 8.57. The zero-order valence-corrected chi connectivity index (χ0v) is 11.9. The van der Waals surface area contributed by atoms with Crippen LogP contribution < -0.4 is 5.32 Å². The lowest BCUT2D eigenvalue weighted by Crippen LogP contribution is -2.35. The summed E-state index contributed by atoms with van der Waals surface area (Å²) in [5.74, 6) is -0.0481. The fraction of sp³-hybridized carbons (Fsp3) is 0.467.